The first-order valence-electron chi connectivity index (χ1n) is 7.93. The van der Waals surface area contributed by atoms with Gasteiger partial charge in [0.15, 0.2) is 0 Å². The topological polar surface area (TPSA) is 53.6 Å². The third-order valence-electron chi connectivity index (χ3n) is 4.29. The first-order chi connectivity index (χ1) is 10.7. The molecule has 0 atom stereocenters. The number of carbonyl (C=O) groups is 1. The third-order valence-corrected chi connectivity index (χ3v) is 4.29. The summed E-state index contributed by atoms with van der Waals surface area (Å²) in [6, 6.07) is 10.3. The molecule has 1 fully saturated rings. The number of benzene rings is 1. The summed E-state index contributed by atoms with van der Waals surface area (Å²) in [5.74, 6) is 0.0182. The average Bonchev–Trinajstić information content (AvgIpc) is 2.56. The lowest BCUT2D eigenvalue weighted by molar-refractivity contribution is -0.146. The Kier molecular flexibility index (Phi) is 11.2. The second kappa shape index (κ2) is 11.7. The molecule has 1 aliphatic rings. The number of nitrogens with one attached hydrogen (secondary N) is 2. The number of carbonyl (C=O) groups excluding carboxylic acids is 1. The van der Waals surface area contributed by atoms with E-state index in [1.165, 1.54) is 5.56 Å². The first kappa shape index (κ1) is 23.1. The van der Waals surface area contributed by atoms with Gasteiger partial charge in [-0.05, 0) is 38.5 Å². The summed E-state index contributed by atoms with van der Waals surface area (Å²) in [5.41, 5.74) is 0.631. The van der Waals surface area contributed by atoms with Gasteiger partial charge in [-0.15, -0.1) is 24.8 Å². The smallest absolute Gasteiger partial charge is 0.252 e. The van der Waals surface area contributed by atoms with E-state index in [0.717, 1.165) is 39.0 Å². The number of hydrogen-bond donors (Lipinski definition) is 2. The van der Waals surface area contributed by atoms with Crippen molar-refractivity contribution in [3.05, 3.63) is 35.9 Å². The molecule has 0 aromatic heterocycles. The Morgan fingerprint density at radius 3 is 2.46 bits per heavy atom. The van der Waals surface area contributed by atoms with Crippen LogP contribution in [0.5, 0.6) is 0 Å². The summed E-state index contributed by atoms with van der Waals surface area (Å²) < 4.78 is 5.53. The minimum atomic E-state index is -0.650. The molecule has 1 amide bonds. The van der Waals surface area contributed by atoms with E-state index in [4.69, 9.17) is 4.74 Å². The Hall–Kier alpha value is -0.850. The Labute approximate surface area is 157 Å². The van der Waals surface area contributed by atoms with Gasteiger partial charge < -0.3 is 20.3 Å². The molecule has 2 N–H and O–H groups in total. The summed E-state index contributed by atoms with van der Waals surface area (Å²) >= 11 is 0. The van der Waals surface area contributed by atoms with E-state index in [1.54, 1.807) is 7.11 Å². The van der Waals surface area contributed by atoms with Crippen LogP contribution in [0.15, 0.2) is 30.3 Å². The van der Waals surface area contributed by atoms with Gasteiger partial charge in [0.1, 0.15) is 5.60 Å². The van der Waals surface area contributed by atoms with E-state index in [0.29, 0.717) is 6.54 Å². The number of methoxy groups -OCH3 is 1. The number of ether oxygens (including phenoxy) is 1. The molecule has 7 heteroatoms. The Balaban J connectivity index is 0.00000264. The lowest BCUT2D eigenvalue weighted by Gasteiger charge is -2.35. The number of hydrogen-bond acceptors (Lipinski definition) is 4. The molecule has 1 aromatic carbocycles. The molecule has 0 bridgehead atoms. The molecule has 2 rings (SSSR count). The summed E-state index contributed by atoms with van der Waals surface area (Å²) in [4.78, 5) is 14.6. The van der Waals surface area contributed by atoms with Crippen LogP contribution in [0.2, 0.25) is 0 Å². The van der Waals surface area contributed by atoms with Crippen molar-refractivity contribution in [2.75, 3.05) is 40.3 Å². The predicted molar refractivity (Wildman–Crippen MR) is 102 cm³/mol. The SMILES string of the molecule is COC1(C(=O)NCCN(C)Cc2ccccc2)CCNCC1.Cl.Cl. The minimum Gasteiger partial charge on any atom is -0.368 e. The highest BCUT2D eigenvalue weighted by Crippen LogP contribution is 2.22. The van der Waals surface area contributed by atoms with E-state index in [1.807, 2.05) is 18.2 Å². The zero-order valence-electron chi connectivity index (χ0n) is 14.4. The summed E-state index contributed by atoms with van der Waals surface area (Å²) in [5, 5.41) is 6.29. The lowest BCUT2D eigenvalue weighted by atomic mass is 9.91. The van der Waals surface area contributed by atoms with Crippen LogP contribution in [-0.4, -0.2) is 56.7 Å². The first-order valence-corrected chi connectivity index (χ1v) is 7.93. The van der Waals surface area contributed by atoms with Crippen LogP contribution in [0.4, 0.5) is 0 Å². The Morgan fingerprint density at radius 1 is 1.25 bits per heavy atom. The monoisotopic (exact) mass is 377 g/mol. The number of nitrogens with zero attached hydrogens (tertiary/aromatic N) is 1. The molecule has 0 spiro atoms. The standard InChI is InChI=1S/C17H27N3O2.2ClH/c1-20(14-15-6-4-3-5-7-15)13-12-19-16(21)17(22-2)8-10-18-11-9-17;;/h3-7,18H,8-14H2,1-2H3,(H,19,21);2*1H. The van der Waals surface area contributed by atoms with E-state index in [9.17, 15) is 4.79 Å². The van der Waals surface area contributed by atoms with Crippen molar-refractivity contribution in [2.24, 2.45) is 0 Å². The molecule has 138 valence electrons. The largest absolute Gasteiger partial charge is 0.368 e. The third kappa shape index (κ3) is 6.57. The normalized spacial score (nSPS) is 16.0. The van der Waals surface area contributed by atoms with Crippen LogP contribution < -0.4 is 10.6 Å². The van der Waals surface area contributed by atoms with Crippen molar-refractivity contribution in [3.63, 3.8) is 0 Å². The maximum Gasteiger partial charge on any atom is 0.252 e. The van der Waals surface area contributed by atoms with Crippen molar-refractivity contribution in [1.29, 1.82) is 0 Å². The van der Waals surface area contributed by atoms with Crippen LogP contribution in [0, 0.1) is 0 Å². The van der Waals surface area contributed by atoms with Gasteiger partial charge in [0, 0.05) is 26.7 Å². The molecular weight excluding hydrogens is 349 g/mol. The molecule has 0 radical (unpaired) electrons. The minimum absolute atomic E-state index is 0. The van der Waals surface area contributed by atoms with Gasteiger partial charge in [0.2, 0.25) is 0 Å². The van der Waals surface area contributed by atoms with Gasteiger partial charge in [-0.3, -0.25) is 4.79 Å². The van der Waals surface area contributed by atoms with Crippen LogP contribution in [0.3, 0.4) is 0 Å². The number of rotatable bonds is 7. The zero-order valence-corrected chi connectivity index (χ0v) is 16.0. The number of amides is 1. The number of piperidine rings is 1. The van der Waals surface area contributed by atoms with Gasteiger partial charge in [0.25, 0.3) is 5.91 Å². The fourth-order valence-corrected chi connectivity index (χ4v) is 2.85. The Morgan fingerprint density at radius 2 is 1.88 bits per heavy atom. The zero-order chi connectivity index (χ0) is 15.8. The molecule has 24 heavy (non-hydrogen) atoms. The maximum atomic E-state index is 12.4. The Bertz CT molecular complexity index is 468. The van der Waals surface area contributed by atoms with Crippen molar-refractivity contribution in [1.82, 2.24) is 15.5 Å². The van der Waals surface area contributed by atoms with Gasteiger partial charge in [-0.25, -0.2) is 0 Å². The molecule has 0 aliphatic carbocycles. The van der Waals surface area contributed by atoms with Crippen molar-refractivity contribution < 1.29 is 9.53 Å². The highest BCUT2D eigenvalue weighted by molar-refractivity contribution is 5.86. The summed E-state index contributed by atoms with van der Waals surface area (Å²) in [6.07, 6.45) is 1.46. The average molecular weight is 378 g/mol. The highest BCUT2D eigenvalue weighted by Gasteiger charge is 2.39. The molecule has 1 heterocycles. The molecule has 1 saturated heterocycles. The predicted octanol–water partition coefficient (Wildman–Crippen LogP) is 1.85. The van der Waals surface area contributed by atoms with E-state index >= 15 is 0 Å². The molecular formula is C17H29Cl2N3O2. The van der Waals surface area contributed by atoms with Crippen molar-refractivity contribution in [3.8, 4) is 0 Å². The number of likely N-dealkylation sites (N-methyl/N-ethyl adjacent to an activating group) is 1. The van der Waals surface area contributed by atoms with E-state index < -0.39 is 5.60 Å². The lowest BCUT2D eigenvalue weighted by Crippen LogP contribution is -2.54. The molecule has 0 unspecified atom stereocenters. The van der Waals surface area contributed by atoms with Crippen LogP contribution in [0.25, 0.3) is 0 Å². The fourth-order valence-electron chi connectivity index (χ4n) is 2.85. The molecule has 1 aromatic rings. The van der Waals surface area contributed by atoms with Crippen LogP contribution in [-0.2, 0) is 16.1 Å². The second-order valence-corrected chi connectivity index (χ2v) is 5.93. The van der Waals surface area contributed by atoms with Gasteiger partial charge in [0.05, 0.1) is 0 Å². The number of halogens is 2. The van der Waals surface area contributed by atoms with Gasteiger partial charge in [-0.1, -0.05) is 30.3 Å². The molecule has 1 aliphatic heterocycles. The maximum absolute atomic E-state index is 12.4. The molecule has 0 saturated carbocycles. The van der Waals surface area contributed by atoms with Crippen molar-refractivity contribution in [2.45, 2.75) is 25.0 Å². The van der Waals surface area contributed by atoms with E-state index in [2.05, 4.69) is 34.7 Å². The van der Waals surface area contributed by atoms with Gasteiger partial charge >= 0.3 is 0 Å². The summed E-state index contributed by atoms with van der Waals surface area (Å²) in [7, 11) is 3.70. The quantitative estimate of drug-likeness (QED) is 0.761. The van der Waals surface area contributed by atoms with Crippen LogP contribution >= 0.6 is 24.8 Å². The van der Waals surface area contributed by atoms with Gasteiger partial charge in [-0.2, -0.15) is 0 Å². The van der Waals surface area contributed by atoms with E-state index in [-0.39, 0.29) is 30.7 Å². The second-order valence-electron chi connectivity index (χ2n) is 5.93. The molecule has 5 nitrogen and oxygen atoms in total. The van der Waals surface area contributed by atoms with Crippen LogP contribution in [0.1, 0.15) is 18.4 Å². The summed E-state index contributed by atoms with van der Waals surface area (Å²) in [6.45, 7) is 4.00. The highest BCUT2D eigenvalue weighted by atomic mass is 35.5. The fraction of sp³-hybridized carbons (Fsp3) is 0.588. The van der Waals surface area contributed by atoms with Crippen molar-refractivity contribution >= 4 is 30.7 Å².